The van der Waals surface area contributed by atoms with Crippen molar-refractivity contribution in [3.8, 4) is 0 Å². The van der Waals surface area contributed by atoms with Gasteiger partial charge in [-0.1, -0.05) is 13.8 Å². The highest BCUT2D eigenvalue weighted by molar-refractivity contribution is 5.81. The van der Waals surface area contributed by atoms with Crippen LogP contribution in [0.2, 0.25) is 0 Å². The molecule has 1 rings (SSSR count). The standard InChI is InChI=1S/C14H26N2O2/c1-11(13(17)15(3)4)10-12(2)14(18)16-8-6-5-7-9-16/h11-12H,5-10H2,1-4H3. The van der Waals surface area contributed by atoms with Gasteiger partial charge in [0.25, 0.3) is 0 Å². The summed E-state index contributed by atoms with van der Waals surface area (Å²) in [6.45, 7) is 5.62. The summed E-state index contributed by atoms with van der Waals surface area (Å²) >= 11 is 0. The van der Waals surface area contributed by atoms with Gasteiger partial charge in [-0.05, 0) is 25.7 Å². The third kappa shape index (κ3) is 4.00. The number of hydrogen-bond acceptors (Lipinski definition) is 2. The number of piperidine rings is 1. The molecule has 2 unspecified atom stereocenters. The van der Waals surface area contributed by atoms with Crippen molar-refractivity contribution >= 4 is 11.8 Å². The molecule has 1 aliphatic heterocycles. The van der Waals surface area contributed by atoms with Crippen LogP contribution in [0.3, 0.4) is 0 Å². The van der Waals surface area contributed by atoms with Gasteiger partial charge in [0.15, 0.2) is 0 Å². The fraction of sp³-hybridized carbons (Fsp3) is 0.857. The molecule has 0 radical (unpaired) electrons. The smallest absolute Gasteiger partial charge is 0.225 e. The largest absolute Gasteiger partial charge is 0.349 e. The minimum Gasteiger partial charge on any atom is -0.349 e. The third-order valence-corrected chi connectivity index (χ3v) is 3.66. The lowest BCUT2D eigenvalue weighted by molar-refractivity contribution is -0.138. The zero-order valence-corrected chi connectivity index (χ0v) is 12.1. The molecule has 0 aromatic rings. The molecular formula is C14H26N2O2. The fourth-order valence-corrected chi connectivity index (χ4v) is 2.60. The quantitative estimate of drug-likeness (QED) is 0.767. The van der Waals surface area contributed by atoms with Gasteiger partial charge in [-0.2, -0.15) is 0 Å². The van der Waals surface area contributed by atoms with Gasteiger partial charge in [0, 0.05) is 39.0 Å². The zero-order chi connectivity index (χ0) is 13.7. The van der Waals surface area contributed by atoms with Crippen molar-refractivity contribution in [3.63, 3.8) is 0 Å². The molecule has 104 valence electrons. The van der Waals surface area contributed by atoms with Crippen molar-refractivity contribution in [3.05, 3.63) is 0 Å². The van der Waals surface area contributed by atoms with Crippen LogP contribution in [0.25, 0.3) is 0 Å². The summed E-state index contributed by atoms with van der Waals surface area (Å²) in [5, 5.41) is 0. The van der Waals surface area contributed by atoms with E-state index in [1.54, 1.807) is 19.0 Å². The molecule has 18 heavy (non-hydrogen) atoms. The molecule has 0 spiro atoms. The number of carbonyl (C=O) groups excluding carboxylic acids is 2. The summed E-state index contributed by atoms with van der Waals surface area (Å²) in [6.07, 6.45) is 4.11. The molecule has 0 N–H and O–H groups in total. The summed E-state index contributed by atoms with van der Waals surface area (Å²) in [4.78, 5) is 27.6. The lowest BCUT2D eigenvalue weighted by Crippen LogP contribution is -2.40. The lowest BCUT2D eigenvalue weighted by Gasteiger charge is -2.30. The molecule has 1 aliphatic rings. The van der Waals surface area contributed by atoms with Gasteiger partial charge < -0.3 is 9.80 Å². The van der Waals surface area contributed by atoms with E-state index in [0.29, 0.717) is 6.42 Å². The molecule has 0 saturated carbocycles. The van der Waals surface area contributed by atoms with Crippen molar-refractivity contribution in [1.29, 1.82) is 0 Å². The summed E-state index contributed by atoms with van der Waals surface area (Å²) in [7, 11) is 3.52. The van der Waals surface area contributed by atoms with Crippen LogP contribution in [0.4, 0.5) is 0 Å². The first-order valence-electron chi connectivity index (χ1n) is 6.93. The van der Waals surface area contributed by atoms with Crippen molar-refractivity contribution in [1.82, 2.24) is 9.80 Å². The Kier molecular flexibility index (Phi) is 5.63. The average molecular weight is 254 g/mol. The molecule has 0 aromatic carbocycles. The first-order valence-corrected chi connectivity index (χ1v) is 6.93. The second-order valence-corrected chi connectivity index (χ2v) is 5.66. The van der Waals surface area contributed by atoms with Crippen LogP contribution >= 0.6 is 0 Å². The summed E-state index contributed by atoms with van der Waals surface area (Å²) < 4.78 is 0. The predicted octanol–water partition coefficient (Wildman–Crippen LogP) is 1.75. The Morgan fingerprint density at radius 3 is 2.11 bits per heavy atom. The summed E-state index contributed by atoms with van der Waals surface area (Å²) in [6, 6.07) is 0. The number of likely N-dealkylation sites (tertiary alicyclic amines) is 1. The Labute approximate surface area is 110 Å². The van der Waals surface area contributed by atoms with Gasteiger partial charge in [0.05, 0.1) is 0 Å². The van der Waals surface area contributed by atoms with Gasteiger partial charge in [-0.25, -0.2) is 0 Å². The Hall–Kier alpha value is -1.06. The number of amides is 2. The molecule has 2 atom stereocenters. The Bertz CT molecular complexity index is 296. The number of hydrogen-bond donors (Lipinski definition) is 0. The van der Waals surface area contributed by atoms with Crippen molar-refractivity contribution in [2.45, 2.75) is 39.5 Å². The van der Waals surface area contributed by atoms with Crippen LogP contribution in [0.5, 0.6) is 0 Å². The van der Waals surface area contributed by atoms with Crippen molar-refractivity contribution in [2.24, 2.45) is 11.8 Å². The van der Waals surface area contributed by atoms with Crippen LogP contribution in [-0.2, 0) is 9.59 Å². The lowest BCUT2D eigenvalue weighted by atomic mass is 9.94. The molecule has 1 fully saturated rings. The zero-order valence-electron chi connectivity index (χ0n) is 12.1. The van der Waals surface area contributed by atoms with Crippen LogP contribution in [-0.4, -0.2) is 48.8 Å². The molecular weight excluding hydrogens is 228 g/mol. The van der Waals surface area contributed by atoms with Gasteiger partial charge in [0.2, 0.25) is 11.8 Å². The minimum atomic E-state index is -0.0799. The van der Waals surface area contributed by atoms with Crippen molar-refractivity contribution in [2.75, 3.05) is 27.2 Å². The maximum atomic E-state index is 12.2. The SMILES string of the molecule is CC(CC(C)C(=O)N1CCCCC1)C(=O)N(C)C. The molecule has 4 heteroatoms. The van der Waals surface area contributed by atoms with E-state index in [9.17, 15) is 9.59 Å². The highest BCUT2D eigenvalue weighted by atomic mass is 16.2. The van der Waals surface area contributed by atoms with E-state index in [0.717, 1.165) is 25.9 Å². The van der Waals surface area contributed by atoms with Crippen LogP contribution in [0.15, 0.2) is 0 Å². The molecule has 1 saturated heterocycles. The monoisotopic (exact) mass is 254 g/mol. The molecule has 0 bridgehead atoms. The van der Waals surface area contributed by atoms with E-state index < -0.39 is 0 Å². The van der Waals surface area contributed by atoms with E-state index in [4.69, 9.17) is 0 Å². The maximum absolute atomic E-state index is 12.2. The third-order valence-electron chi connectivity index (χ3n) is 3.66. The molecule has 0 aliphatic carbocycles. The molecule has 0 aromatic heterocycles. The second-order valence-electron chi connectivity index (χ2n) is 5.66. The van der Waals surface area contributed by atoms with Gasteiger partial charge >= 0.3 is 0 Å². The normalized spacial score (nSPS) is 19.2. The Balaban J connectivity index is 2.46. The maximum Gasteiger partial charge on any atom is 0.225 e. The number of nitrogens with zero attached hydrogens (tertiary/aromatic N) is 2. The first kappa shape index (κ1) is 15.0. The molecule has 1 heterocycles. The number of carbonyl (C=O) groups is 2. The van der Waals surface area contributed by atoms with E-state index >= 15 is 0 Å². The summed E-state index contributed by atoms with van der Waals surface area (Å²) in [5.41, 5.74) is 0. The van der Waals surface area contributed by atoms with E-state index in [1.165, 1.54) is 6.42 Å². The molecule has 4 nitrogen and oxygen atoms in total. The van der Waals surface area contributed by atoms with Gasteiger partial charge in [-0.15, -0.1) is 0 Å². The highest BCUT2D eigenvalue weighted by Crippen LogP contribution is 2.18. The van der Waals surface area contributed by atoms with Gasteiger partial charge in [-0.3, -0.25) is 9.59 Å². The van der Waals surface area contributed by atoms with Crippen molar-refractivity contribution < 1.29 is 9.59 Å². The average Bonchev–Trinajstić information content (AvgIpc) is 2.37. The summed E-state index contributed by atoms with van der Waals surface area (Å²) in [5.74, 6) is 0.187. The van der Waals surface area contributed by atoms with Gasteiger partial charge in [0.1, 0.15) is 0 Å². The fourth-order valence-electron chi connectivity index (χ4n) is 2.60. The molecule has 2 amide bonds. The minimum absolute atomic E-state index is 0.0537. The Morgan fingerprint density at radius 2 is 1.61 bits per heavy atom. The van der Waals surface area contributed by atoms with E-state index in [-0.39, 0.29) is 23.7 Å². The topological polar surface area (TPSA) is 40.6 Å². The van der Waals surface area contributed by atoms with Crippen LogP contribution in [0.1, 0.15) is 39.5 Å². The number of rotatable bonds is 4. The predicted molar refractivity (Wildman–Crippen MR) is 72.1 cm³/mol. The van der Waals surface area contributed by atoms with E-state index in [2.05, 4.69) is 0 Å². The highest BCUT2D eigenvalue weighted by Gasteiger charge is 2.26. The van der Waals surface area contributed by atoms with E-state index in [1.807, 2.05) is 18.7 Å². The van der Waals surface area contributed by atoms with Crippen LogP contribution in [0, 0.1) is 11.8 Å². The Morgan fingerprint density at radius 1 is 1.06 bits per heavy atom. The second kappa shape index (κ2) is 6.76. The van der Waals surface area contributed by atoms with Crippen LogP contribution < -0.4 is 0 Å². The first-order chi connectivity index (χ1) is 8.43.